The summed E-state index contributed by atoms with van der Waals surface area (Å²) in [4.78, 5) is 13.2. The van der Waals surface area contributed by atoms with Crippen LogP contribution < -0.4 is 4.72 Å². The summed E-state index contributed by atoms with van der Waals surface area (Å²) >= 11 is 0. The number of hydrogen-bond donors (Lipinski definition) is 1. The van der Waals surface area contributed by atoms with Crippen LogP contribution in [0.5, 0.6) is 0 Å². The number of halogens is 2. The highest BCUT2D eigenvalue weighted by Crippen LogP contribution is 2.43. The molecule has 1 atom stereocenters. The molecule has 0 saturated heterocycles. The van der Waals surface area contributed by atoms with E-state index < -0.39 is 27.2 Å². The highest BCUT2D eigenvalue weighted by molar-refractivity contribution is 7.88. The topological polar surface area (TPSA) is 78.8 Å². The van der Waals surface area contributed by atoms with Crippen LogP contribution in [-0.4, -0.2) is 37.8 Å². The summed E-state index contributed by atoms with van der Waals surface area (Å²) in [5.74, 6) is -1.85. The van der Waals surface area contributed by atoms with E-state index in [1.165, 1.54) is 5.01 Å². The van der Waals surface area contributed by atoms with Crippen molar-refractivity contribution in [2.45, 2.75) is 38.6 Å². The number of hydrazone groups is 1. The number of hydrogen-bond acceptors (Lipinski definition) is 4. The third kappa shape index (κ3) is 5.21. The van der Waals surface area contributed by atoms with E-state index in [-0.39, 0.29) is 36.1 Å². The summed E-state index contributed by atoms with van der Waals surface area (Å²) in [5, 5.41) is 5.88. The lowest BCUT2D eigenvalue weighted by molar-refractivity contribution is -0.140. The predicted molar refractivity (Wildman–Crippen MR) is 119 cm³/mol. The largest absolute Gasteiger partial charge is 0.273 e. The number of carbonyl (C=O) groups excluding carboxylic acids is 1. The Bertz CT molecular complexity index is 1120. The fourth-order valence-corrected chi connectivity index (χ4v) is 4.44. The number of sulfonamides is 1. The summed E-state index contributed by atoms with van der Waals surface area (Å²) in [5.41, 5.74) is 0.133. The number of nitrogens with zero attached hydrogens (tertiary/aromatic N) is 2. The number of amides is 1. The molecule has 0 aliphatic carbocycles. The lowest BCUT2D eigenvalue weighted by Crippen LogP contribution is -2.45. The van der Waals surface area contributed by atoms with Crippen molar-refractivity contribution in [2.24, 2.45) is 11.0 Å². The van der Waals surface area contributed by atoms with Gasteiger partial charge in [0, 0.05) is 24.4 Å². The van der Waals surface area contributed by atoms with Gasteiger partial charge in [-0.05, 0) is 36.6 Å². The lowest BCUT2D eigenvalue weighted by atomic mass is 9.80. The Hall–Kier alpha value is -2.65. The molecule has 9 heteroatoms. The molecule has 0 fully saturated rings. The van der Waals surface area contributed by atoms with Crippen LogP contribution >= 0.6 is 0 Å². The number of nitrogens with one attached hydrogen (secondary N) is 1. The van der Waals surface area contributed by atoms with Gasteiger partial charge in [-0.3, -0.25) is 4.79 Å². The van der Waals surface area contributed by atoms with E-state index in [4.69, 9.17) is 0 Å². The van der Waals surface area contributed by atoms with Gasteiger partial charge in [0.05, 0.1) is 17.5 Å². The molecule has 1 amide bonds. The summed E-state index contributed by atoms with van der Waals surface area (Å²) in [6, 6.07) is 12.4. The summed E-state index contributed by atoms with van der Waals surface area (Å²) in [7, 11) is -3.36. The SMILES string of the molecule is CC(C)C(=O)N1N=C(c2cc(F)ccc2F)CC1(CCCNS(C)(=O)=O)c1ccccc1. The maximum atomic E-state index is 14.6. The zero-order chi connectivity index (χ0) is 23.5. The maximum Gasteiger partial charge on any atom is 0.246 e. The molecular formula is C23H27F2N3O3S. The standard InChI is InChI=1S/C23H27F2N3O3S/c1-16(2)22(29)28-23(17-8-5-4-6-9-17,12-7-13-26-32(3,30)31)15-21(27-28)19-14-18(24)10-11-20(19)25/h4-6,8-11,14,16,26H,7,12-13,15H2,1-3H3. The molecule has 1 aliphatic heterocycles. The average molecular weight is 464 g/mol. The molecule has 32 heavy (non-hydrogen) atoms. The molecule has 1 aliphatic rings. The van der Waals surface area contributed by atoms with Crippen LogP contribution in [0.25, 0.3) is 0 Å². The number of benzene rings is 2. The molecule has 0 radical (unpaired) electrons. The monoisotopic (exact) mass is 463 g/mol. The van der Waals surface area contributed by atoms with E-state index in [2.05, 4.69) is 9.82 Å². The van der Waals surface area contributed by atoms with Crippen molar-refractivity contribution in [1.29, 1.82) is 0 Å². The van der Waals surface area contributed by atoms with E-state index in [0.717, 1.165) is 30.0 Å². The van der Waals surface area contributed by atoms with E-state index in [1.54, 1.807) is 13.8 Å². The van der Waals surface area contributed by atoms with Crippen LogP contribution in [0.4, 0.5) is 8.78 Å². The zero-order valence-electron chi connectivity index (χ0n) is 18.3. The van der Waals surface area contributed by atoms with E-state index in [0.29, 0.717) is 12.8 Å². The molecule has 0 bridgehead atoms. The van der Waals surface area contributed by atoms with E-state index in [1.807, 2.05) is 30.3 Å². The van der Waals surface area contributed by atoms with E-state index >= 15 is 0 Å². The minimum atomic E-state index is -3.36. The molecule has 3 rings (SSSR count). The Balaban J connectivity index is 2.06. The molecule has 172 valence electrons. The van der Waals surface area contributed by atoms with Gasteiger partial charge < -0.3 is 0 Å². The highest BCUT2D eigenvalue weighted by Gasteiger charge is 2.47. The second-order valence-electron chi connectivity index (χ2n) is 8.32. The van der Waals surface area contributed by atoms with Crippen molar-refractivity contribution < 1.29 is 22.0 Å². The van der Waals surface area contributed by atoms with Gasteiger partial charge in [-0.25, -0.2) is 26.9 Å². The molecule has 1 unspecified atom stereocenters. The Morgan fingerprint density at radius 2 is 1.88 bits per heavy atom. The van der Waals surface area contributed by atoms with Crippen LogP contribution in [0.2, 0.25) is 0 Å². The molecule has 6 nitrogen and oxygen atoms in total. The fourth-order valence-electron chi connectivity index (χ4n) is 3.93. The van der Waals surface area contributed by atoms with Gasteiger partial charge in [-0.15, -0.1) is 0 Å². The van der Waals surface area contributed by atoms with Crippen molar-refractivity contribution >= 4 is 21.6 Å². The van der Waals surface area contributed by atoms with Crippen molar-refractivity contribution in [3.63, 3.8) is 0 Å². The number of rotatable bonds is 8. The van der Waals surface area contributed by atoms with Gasteiger partial charge >= 0.3 is 0 Å². The Kier molecular flexibility index (Phi) is 7.09. The Labute approximate surface area is 187 Å². The second kappa shape index (κ2) is 9.46. The molecule has 0 spiro atoms. The van der Waals surface area contributed by atoms with Crippen molar-refractivity contribution in [3.8, 4) is 0 Å². The van der Waals surface area contributed by atoms with Crippen molar-refractivity contribution in [2.75, 3.05) is 12.8 Å². The summed E-state index contributed by atoms with van der Waals surface area (Å²) in [6.45, 7) is 3.68. The van der Waals surface area contributed by atoms with Crippen LogP contribution in [0.3, 0.4) is 0 Å². The summed E-state index contributed by atoms with van der Waals surface area (Å²) in [6.07, 6.45) is 2.05. The van der Waals surface area contributed by atoms with Crippen LogP contribution in [0.15, 0.2) is 53.6 Å². The van der Waals surface area contributed by atoms with Gasteiger partial charge in [0.2, 0.25) is 15.9 Å². The van der Waals surface area contributed by atoms with Crippen LogP contribution in [0, 0.1) is 17.6 Å². The Morgan fingerprint density at radius 1 is 1.19 bits per heavy atom. The third-order valence-electron chi connectivity index (χ3n) is 5.47. The molecule has 2 aromatic rings. The zero-order valence-corrected chi connectivity index (χ0v) is 19.1. The molecule has 1 N–H and O–H groups in total. The van der Waals surface area contributed by atoms with Crippen LogP contribution in [-0.2, 0) is 20.4 Å². The van der Waals surface area contributed by atoms with Crippen LogP contribution in [0.1, 0.15) is 44.2 Å². The average Bonchev–Trinajstić information content (AvgIpc) is 3.13. The molecular weight excluding hydrogens is 436 g/mol. The maximum absolute atomic E-state index is 14.6. The van der Waals surface area contributed by atoms with Gasteiger partial charge in [0.25, 0.3) is 0 Å². The van der Waals surface area contributed by atoms with E-state index in [9.17, 15) is 22.0 Å². The Morgan fingerprint density at radius 3 is 2.50 bits per heavy atom. The fraction of sp³-hybridized carbons (Fsp3) is 0.391. The van der Waals surface area contributed by atoms with Gasteiger partial charge in [0.15, 0.2) is 0 Å². The van der Waals surface area contributed by atoms with Gasteiger partial charge in [-0.1, -0.05) is 44.2 Å². The first kappa shape index (κ1) is 24.0. The van der Waals surface area contributed by atoms with Crippen molar-refractivity contribution in [1.82, 2.24) is 9.73 Å². The first-order chi connectivity index (χ1) is 15.0. The third-order valence-corrected chi connectivity index (χ3v) is 6.20. The lowest BCUT2D eigenvalue weighted by Gasteiger charge is -2.38. The normalized spacial score (nSPS) is 18.8. The molecule has 0 saturated carbocycles. The first-order valence-electron chi connectivity index (χ1n) is 10.4. The smallest absolute Gasteiger partial charge is 0.246 e. The second-order valence-corrected chi connectivity index (χ2v) is 10.2. The minimum absolute atomic E-state index is 0.0126. The van der Waals surface area contributed by atoms with Crippen molar-refractivity contribution in [3.05, 3.63) is 71.3 Å². The van der Waals surface area contributed by atoms with Gasteiger partial charge in [0.1, 0.15) is 11.6 Å². The van der Waals surface area contributed by atoms with Gasteiger partial charge in [-0.2, -0.15) is 5.10 Å². The minimum Gasteiger partial charge on any atom is -0.273 e. The molecule has 2 aromatic carbocycles. The summed E-state index contributed by atoms with van der Waals surface area (Å²) < 4.78 is 53.9. The predicted octanol–water partition coefficient (Wildman–Crippen LogP) is 3.78. The number of carbonyl (C=O) groups is 1. The first-order valence-corrected chi connectivity index (χ1v) is 12.3. The quantitative estimate of drug-likeness (QED) is 0.605. The highest BCUT2D eigenvalue weighted by atomic mass is 32.2. The molecule has 1 heterocycles. The molecule has 0 aromatic heterocycles.